The molecule has 3 heterocycles. The molecule has 5 N–H and O–H groups in total. The third-order valence-corrected chi connectivity index (χ3v) is 13.0. The van der Waals surface area contributed by atoms with E-state index >= 15 is 0 Å². The van der Waals surface area contributed by atoms with Crippen LogP contribution < -0.4 is 16.2 Å². The third kappa shape index (κ3) is 10.8. The van der Waals surface area contributed by atoms with Crippen molar-refractivity contribution in [2.24, 2.45) is 5.92 Å². The number of H-pyrrole nitrogens is 1. The molecule has 0 bridgehead atoms. The van der Waals surface area contributed by atoms with Crippen molar-refractivity contribution < 1.29 is 24.5 Å². The zero-order valence-electron chi connectivity index (χ0n) is 35.3. The number of aliphatic hydroxyl groups is 1. The van der Waals surface area contributed by atoms with Crippen molar-refractivity contribution in [1.82, 2.24) is 20.5 Å². The summed E-state index contributed by atoms with van der Waals surface area (Å²) >= 11 is 1.60. The van der Waals surface area contributed by atoms with Crippen LogP contribution in [0.5, 0.6) is 5.75 Å². The number of esters is 1. The van der Waals surface area contributed by atoms with E-state index in [4.69, 9.17) is 4.74 Å². The summed E-state index contributed by atoms with van der Waals surface area (Å²) in [6, 6.07) is 44.2. The molecule has 2 aromatic heterocycles. The minimum atomic E-state index is -0.879. The van der Waals surface area contributed by atoms with Gasteiger partial charge in [-0.2, -0.15) is 0 Å². The highest BCUT2D eigenvalue weighted by Gasteiger charge is 2.27. The van der Waals surface area contributed by atoms with Gasteiger partial charge < -0.3 is 30.6 Å². The fraction of sp³-hybridized carbons (Fsp3) is 0.250. The lowest BCUT2D eigenvalue weighted by atomic mass is 9.90. The summed E-state index contributed by atoms with van der Waals surface area (Å²) in [5, 5.41) is 28.0. The molecule has 0 saturated carbocycles. The lowest BCUT2D eigenvalue weighted by Crippen LogP contribution is -2.35. The number of aliphatic hydroxyl groups excluding tert-OH is 1. The van der Waals surface area contributed by atoms with Crippen LogP contribution in [-0.4, -0.2) is 58.2 Å². The molecule has 11 heteroatoms. The van der Waals surface area contributed by atoms with Gasteiger partial charge in [0.25, 0.3) is 5.91 Å². The maximum Gasteiger partial charge on any atom is 0.317 e. The first kappa shape index (κ1) is 43.3. The molecule has 2 atom stereocenters. The van der Waals surface area contributed by atoms with E-state index in [0.717, 1.165) is 70.0 Å². The Hall–Kier alpha value is -6.37. The monoisotopic (exact) mass is 860 g/mol. The minimum absolute atomic E-state index is 0.0567. The van der Waals surface area contributed by atoms with Crippen molar-refractivity contribution in [2.45, 2.75) is 51.4 Å². The number of aromatic nitrogens is 1. The van der Waals surface area contributed by atoms with Crippen molar-refractivity contribution in [3.63, 3.8) is 0 Å². The number of pyridine rings is 1. The molecule has 7 aromatic rings. The first-order valence-corrected chi connectivity index (χ1v) is 22.3. The van der Waals surface area contributed by atoms with E-state index in [2.05, 4.69) is 56.9 Å². The van der Waals surface area contributed by atoms with Gasteiger partial charge in [0.05, 0.1) is 24.8 Å². The minimum Gasteiger partial charge on any atom is -0.506 e. The number of phenolic OH excluding ortho intramolecular Hbond substituents is 1. The number of aromatic hydroxyl groups is 1. The van der Waals surface area contributed by atoms with Gasteiger partial charge in [0.2, 0.25) is 5.56 Å². The van der Waals surface area contributed by atoms with Gasteiger partial charge in [-0.05, 0) is 120 Å². The predicted molar refractivity (Wildman–Crippen MR) is 249 cm³/mol. The number of thiophene rings is 1. The number of carbonyl (C=O) groups is 2. The summed E-state index contributed by atoms with van der Waals surface area (Å²) in [6.45, 7) is 6.37. The number of hydrogen-bond acceptors (Lipinski definition) is 9. The number of likely N-dealkylation sites (tertiary alicyclic amines) is 1. The van der Waals surface area contributed by atoms with E-state index < -0.39 is 12.0 Å². The highest BCUT2D eigenvalue weighted by molar-refractivity contribution is 7.15. The molecular formula is C52H52N4O6S. The molecule has 322 valence electrons. The fourth-order valence-electron chi connectivity index (χ4n) is 8.35. The number of nitrogens with one attached hydrogen (secondary N) is 3. The number of aromatic amines is 1. The van der Waals surface area contributed by atoms with E-state index in [-0.39, 0.29) is 29.7 Å². The number of phenols is 1. The van der Waals surface area contributed by atoms with Crippen molar-refractivity contribution in [2.75, 3.05) is 26.2 Å². The highest BCUT2D eigenvalue weighted by atomic mass is 32.1. The largest absolute Gasteiger partial charge is 0.506 e. The smallest absolute Gasteiger partial charge is 0.317 e. The Morgan fingerprint density at radius 1 is 0.841 bits per heavy atom. The van der Waals surface area contributed by atoms with Gasteiger partial charge in [-0.15, -0.1) is 11.3 Å². The summed E-state index contributed by atoms with van der Waals surface area (Å²) in [4.78, 5) is 46.1. The molecular weight excluding hydrogens is 809 g/mol. The summed E-state index contributed by atoms with van der Waals surface area (Å²) in [7, 11) is 0. The van der Waals surface area contributed by atoms with Crippen molar-refractivity contribution in [3.05, 3.63) is 194 Å². The summed E-state index contributed by atoms with van der Waals surface area (Å²) in [5.74, 6) is -0.690. The molecule has 1 aliphatic heterocycles. The van der Waals surface area contributed by atoms with Gasteiger partial charge in [0.1, 0.15) is 11.7 Å². The number of hydrogen-bond donors (Lipinski definition) is 5. The molecule has 1 aliphatic rings. The van der Waals surface area contributed by atoms with E-state index in [0.29, 0.717) is 47.6 Å². The summed E-state index contributed by atoms with van der Waals surface area (Å²) in [6.07, 6.45) is 1.12. The molecule has 0 radical (unpaired) electrons. The van der Waals surface area contributed by atoms with E-state index in [1.54, 1.807) is 29.5 Å². The Balaban J connectivity index is 0.845. The van der Waals surface area contributed by atoms with Crippen LogP contribution in [0.15, 0.2) is 144 Å². The van der Waals surface area contributed by atoms with Crippen LogP contribution in [-0.2, 0) is 29.2 Å². The lowest BCUT2D eigenvalue weighted by molar-refractivity contribution is -0.146. The molecule has 1 fully saturated rings. The topological polar surface area (TPSA) is 144 Å². The number of rotatable bonds is 16. The van der Waals surface area contributed by atoms with Crippen LogP contribution in [0.2, 0.25) is 0 Å². The maximum absolute atomic E-state index is 13.9. The number of carbonyl (C=O) groups excluding carboxylic acids is 2. The zero-order valence-corrected chi connectivity index (χ0v) is 36.1. The number of amides is 1. The maximum atomic E-state index is 13.9. The van der Waals surface area contributed by atoms with Crippen LogP contribution >= 0.6 is 11.3 Å². The van der Waals surface area contributed by atoms with Crippen LogP contribution in [0.3, 0.4) is 0 Å². The van der Waals surface area contributed by atoms with Gasteiger partial charge in [-0.25, -0.2) is 0 Å². The molecule has 8 rings (SSSR count). The number of fused-ring (bicyclic) bond motifs is 1. The molecule has 10 nitrogen and oxygen atoms in total. The Morgan fingerprint density at radius 2 is 1.60 bits per heavy atom. The SMILES string of the molecule is Cc1cc(C(=O)NCc2ccc(-c3cccc(C(C(=O)OCC4CCN(Cc5ccccc5)CC4)c4ccccc4)c3)s2)ccc1CNC[C@H](O)c1ccc(O)c2[nH]c(=O)ccc12. The second-order valence-corrected chi connectivity index (χ2v) is 17.5. The molecule has 0 spiro atoms. The van der Waals surface area contributed by atoms with Crippen LogP contribution in [0.25, 0.3) is 21.3 Å². The van der Waals surface area contributed by atoms with E-state index in [1.807, 2.05) is 79.7 Å². The molecule has 5 aromatic carbocycles. The van der Waals surface area contributed by atoms with Crippen molar-refractivity contribution in [1.29, 1.82) is 0 Å². The first-order valence-electron chi connectivity index (χ1n) is 21.5. The number of nitrogens with zero attached hydrogens (tertiary/aromatic N) is 1. The van der Waals surface area contributed by atoms with Crippen LogP contribution in [0.4, 0.5) is 0 Å². The van der Waals surface area contributed by atoms with Gasteiger partial charge >= 0.3 is 5.97 Å². The number of aryl methyl sites for hydroxylation is 1. The average Bonchev–Trinajstić information content (AvgIpc) is 3.79. The normalized spacial score (nSPS) is 14.3. The second kappa shape index (κ2) is 20.2. The van der Waals surface area contributed by atoms with E-state index in [9.17, 15) is 24.6 Å². The van der Waals surface area contributed by atoms with Crippen molar-refractivity contribution >= 4 is 34.1 Å². The fourth-order valence-corrected chi connectivity index (χ4v) is 9.30. The standard InChI is InChI=1S/C52H52N4O6S/c1-34-27-40(15-16-41(34)29-53-31-46(58)43-18-20-45(57)50-44(43)19-22-48(59)55-50)51(60)54-30-42-17-21-47(63-42)38-13-8-14-39(28-38)49(37-11-6-3-7-12-37)52(61)62-33-36-23-25-56(26-24-36)32-35-9-4-2-5-10-35/h2-22,27-28,36,46,49,53,57-58H,23-26,29-33H2,1H3,(H,54,60)(H,55,59)/t46-,49?/m0/s1. The number of piperidine rings is 1. The highest BCUT2D eigenvalue weighted by Crippen LogP contribution is 2.34. The zero-order chi connectivity index (χ0) is 43.7. The predicted octanol–water partition coefficient (Wildman–Crippen LogP) is 8.61. The van der Waals surface area contributed by atoms with Gasteiger partial charge in [-0.1, -0.05) is 91.0 Å². The number of benzene rings is 5. The number of ether oxygens (including phenoxy) is 1. The Morgan fingerprint density at radius 3 is 2.38 bits per heavy atom. The second-order valence-electron chi connectivity index (χ2n) is 16.3. The molecule has 1 unspecified atom stereocenters. The lowest BCUT2D eigenvalue weighted by Gasteiger charge is -2.32. The Bertz CT molecular complexity index is 2730. The molecule has 1 saturated heterocycles. The van der Waals surface area contributed by atoms with Gasteiger partial charge in [-0.3, -0.25) is 19.3 Å². The Kier molecular flexibility index (Phi) is 13.9. The molecule has 0 aliphatic carbocycles. The summed E-state index contributed by atoms with van der Waals surface area (Å²) < 4.78 is 6.10. The third-order valence-electron chi connectivity index (χ3n) is 11.9. The quantitative estimate of drug-likeness (QED) is 0.0608. The average molecular weight is 861 g/mol. The first-order chi connectivity index (χ1) is 30.7. The molecule has 1 amide bonds. The van der Waals surface area contributed by atoms with Crippen LogP contribution in [0, 0.1) is 12.8 Å². The van der Waals surface area contributed by atoms with Crippen LogP contribution in [0.1, 0.15) is 73.5 Å². The van der Waals surface area contributed by atoms with Crippen molar-refractivity contribution in [3.8, 4) is 16.2 Å². The van der Waals surface area contributed by atoms with E-state index in [1.165, 1.54) is 17.7 Å². The Labute approximate surface area is 371 Å². The summed E-state index contributed by atoms with van der Waals surface area (Å²) in [5.41, 5.74) is 7.11. The van der Waals surface area contributed by atoms with Gasteiger partial charge in [0.15, 0.2) is 0 Å². The van der Waals surface area contributed by atoms with Gasteiger partial charge in [0, 0.05) is 46.4 Å². The molecule has 63 heavy (non-hydrogen) atoms.